The lowest BCUT2D eigenvalue weighted by Gasteiger charge is -2.31. The molecule has 0 bridgehead atoms. The van der Waals surface area contributed by atoms with Crippen LogP contribution in [0, 0.1) is 11.7 Å². The van der Waals surface area contributed by atoms with Crippen molar-refractivity contribution in [1.29, 1.82) is 0 Å². The maximum absolute atomic E-state index is 12.8. The lowest BCUT2D eigenvalue weighted by Crippen LogP contribution is -2.44. The summed E-state index contributed by atoms with van der Waals surface area (Å²) in [5.41, 5.74) is 6.99. The van der Waals surface area contributed by atoms with Crippen molar-refractivity contribution in [2.75, 3.05) is 23.4 Å². The number of hydrogen-bond acceptors (Lipinski definition) is 5. The molecule has 1 aromatic carbocycles. The highest BCUT2D eigenvalue weighted by Crippen LogP contribution is 2.26. The number of fused-ring (bicyclic) bond motifs is 1. The molecule has 1 saturated heterocycles. The third-order valence-corrected chi connectivity index (χ3v) is 5.53. The third kappa shape index (κ3) is 5.42. The summed E-state index contributed by atoms with van der Waals surface area (Å²) >= 11 is 1.28. The topological polar surface area (TPSA) is 82.3 Å². The Kier molecular flexibility index (Phi) is 6.28. The normalized spacial score (nSPS) is 25.2. The molecule has 2 amide bonds. The summed E-state index contributed by atoms with van der Waals surface area (Å²) in [7, 11) is 0. The van der Waals surface area contributed by atoms with E-state index in [1.807, 2.05) is 0 Å². The largest absolute Gasteiger partial charge is 0.353 e. The maximum atomic E-state index is 12.8. The average molecular weight is 366 g/mol. The van der Waals surface area contributed by atoms with Crippen LogP contribution in [0.25, 0.3) is 0 Å². The molecule has 2 fully saturated rings. The summed E-state index contributed by atoms with van der Waals surface area (Å²) in [6, 6.07) is 6.35. The Morgan fingerprint density at radius 3 is 2.72 bits per heavy atom. The Bertz CT molecular complexity index is 613. The number of hydrazine groups is 1. The summed E-state index contributed by atoms with van der Waals surface area (Å²) in [6.45, 7) is 0.954. The predicted octanol–water partition coefficient (Wildman–Crippen LogP) is 1.26. The van der Waals surface area contributed by atoms with Gasteiger partial charge >= 0.3 is 0 Å². The zero-order valence-electron chi connectivity index (χ0n) is 13.9. The summed E-state index contributed by atoms with van der Waals surface area (Å²) in [5, 5.41) is 5.75. The molecular formula is C17H23FN4O2S. The Morgan fingerprint density at radius 2 is 1.92 bits per heavy atom. The molecule has 1 saturated carbocycles. The quantitative estimate of drug-likeness (QED) is 0.609. The first-order valence-corrected chi connectivity index (χ1v) is 9.66. The van der Waals surface area contributed by atoms with E-state index in [1.165, 1.54) is 36.0 Å². The lowest BCUT2D eigenvalue weighted by atomic mass is 9.83. The predicted molar refractivity (Wildman–Crippen MR) is 96.6 cm³/mol. The molecule has 3 atom stereocenters. The van der Waals surface area contributed by atoms with Gasteiger partial charge in [-0.2, -0.15) is 0 Å². The van der Waals surface area contributed by atoms with E-state index in [0.29, 0.717) is 17.6 Å². The number of anilines is 1. The first kappa shape index (κ1) is 18.2. The smallest absolute Gasteiger partial charge is 0.234 e. The highest BCUT2D eigenvalue weighted by molar-refractivity contribution is 8.00. The van der Waals surface area contributed by atoms with E-state index >= 15 is 0 Å². The Balaban J connectivity index is 1.32. The average Bonchev–Trinajstić information content (AvgIpc) is 3.04. The number of carbonyl (C=O) groups is 2. The van der Waals surface area contributed by atoms with E-state index in [0.717, 1.165) is 25.8 Å². The zero-order valence-corrected chi connectivity index (χ0v) is 14.7. The van der Waals surface area contributed by atoms with Crippen molar-refractivity contribution in [2.24, 2.45) is 5.92 Å². The molecule has 25 heavy (non-hydrogen) atoms. The molecule has 6 nitrogen and oxygen atoms in total. The van der Waals surface area contributed by atoms with Crippen molar-refractivity contribution in [3.63, 3.8) is 0 Å². The fraction of sp³-hybridized carbons (Fsp3) is 0.529. The summed E-state index contributed by atoms with van der Waals surface area (Å²) in [6.07, 6.45) is 3.04. The fourth-order valence-corrected chi connectivity index (χ4v) is 4.00. The van der Waals surface area contributed by atoms with Crippen molar-refractivity contribution in [2.45, 2.75) is 31.3 Å². The first-order valence-electron chi connectivity index (χ1n) is 8.51. The molecular weight excluding hydrogens is 343 g/mol. The van der Waals surface area contributed by atoms with Crippen molar-refractivity contribution in [1.82, 2.24) is 16.2 Å². The lowest BCUT2D eigenvalue weighted by molar-refractivity contribution is -0.119. The van der Waals surface area contributed by atoms with Crippen molar-refractivity contribution in [3.8, 4) is 0 Å². The Hall–Kier alpha value is -1.64. The van der Waals surface area contributed by atoms with Crippen LogP contribution in [-0.4, -0.2) is 41.9 Å². The van der Waals surface area contributed by atoms with Crippen molar-refractivity contribution < 1.29 is 14.0 Å². The number of rotatable bonds is 6. The number of benzene rings is 1. The summed E-state index contributed by atoms with van der Waals surface area (Å²) in [5.74, 6) is 0.455. The molecule has 1 heterocycles. The molecule has 8 heteroatoms. The van der Waals surface area contributed by atoms with Gasteiger partial charge in [-0.3, -0.25) is 20.4 Å². The molecule has 0 spiro atoms. The minimum Gasteiger partial charge on any atom is -0.353 e. The van der Waals surface area contributed by atoms with Crippen LogP contribution in [-0.2, 0) is 9.59 Å². The number of nitrogens with one attached hydrogen (secondary N) is 4. The van der Waals surface area contributed by atoms with Crippen molar-refractivity contribution >= 4 is 29.3 Å². The van der Waals surface area contributed by atoms with E-state index in [4.69, 9.17) is 0 Å². The minimum absolute atomic E-state index is 0.0260. The number of carbonyl (C=O) groups excluding carboxylic acids is 2. The Morgan fingerprint density at radius 1 is 1.16 bits per heavy atom. The molecule has 1 aliphatic carbocycles. The van der Waals surface area contributed by atoms with Gasteiger partial charge in [0.15, 0.2) is 0 Å². The van der Waals surface area contributed by atoms with Gasteiger partial charge in [-0.25, -0.2) is 4.39 Å². The highest BCUT2D eigenvalue weighted by atomic mass is 32.2. The van der Waals surface area contributed by atoms with Crippen LogP contribution < -0.4 is 21.5 Å². The maximum Gasteiger partial charge on any atom is 0.234 e. The number of hydrogen-bond donors (Lipinski definition) is 4. The number of amides is 2. The molecule has 2 aliphatic rings. The number of halogens is 1. The van der Waals surface area contributed by atoms with E-state index in [9.17, 15) is 14.0 Å². The van der Waals surface area contributed by atoms with Gasteiger partial charge in [0.25, 0.3) is 0 Å². The molecule has 4 N–H and O–H groups in total. The van der Waals surface area contributed by atoms with E-state index in [1.54, 1.807) is 0 Å². The van der Waals surface area contributed by atoms with Crippen LogP contribution in [0.4, 0.5) is 10.1 Å². The van der Waals surface area contributed by atoms with Crippen LogP contribution in [0.5, 0.6) is 0 Å². The van der Waals surface area contributed by atoms with Crippen LogP contribution in [0.2, 0.25) is 0 Å². The van der Waals surface area contributed by atoms with E-state index in [2.05, 4.69) is 21.5 Å². The SMILES string of the molecule is O=C(CSCC(=O)NC1CCC2NNCC2C1)Nc1ccc(F)cc1. The summed E-state index contributed by atoms with van der Waals surface area (Å²) in [4.78, 5) is 23.9. The fourth-order valence-electron chi connectivity index (χ4n) is 3.37. The van der Waals surface area contributed by atoms with Gasteiger partial charge in [-0.15, -0.1) is 11.8 Å². The molecule has 136 valence electrons. The zero-order chi connectivity index (χ0) is 17.6. The molecule has 1 aromatic rings. The molecule has 3 unspecified atom stereocenters. The van der Waals surface area contributed by atoms with E-state index in [-0.39, 0.29) is 35.2 Å². The first-order chi connectivity index (χ1) is 12.1. The van der Waals surface area contributed by atoms with Gasteiger partial charge in [0, 0.05) is 24.3 Å². The van der Waals surface area contributed by atoms with E-state index < -0.39 is 0 Å². The third-order valence-electron chi connectivity index (χ3n) is 4.59. The minimum atomic E-state index is -0.345. The Labute approximate surface area is 150 Å². The van der Waals surface area contributed by atoms with Gasteiger partial charge in [0.05, 0.1) is 11.5 Å². The van der Waals surface area contributed by atoms with Crippen molar-refractivity contribution in [3.05, 3.63) is 30.1 Å². The second kappa shape index (κ2) is 8.64. The molecule has 0 aromatic heterocycles. The van der Waals surface area contributed by atoms with Gasteiger partial charge in [-0.1, -0.05) is 0 Å². The molecule has 0 radical (unpaired) electrons. The van der Waals surface area contributed by atoms with Gasteiger partial charge in [-0.05, 0) is 49.4 Å². The summed E-state index contributed by atoms with van der Waals surface area (Å²) < 4.78 is 12.8. The second-order valence-electron chi connectivity index (χ2n) is 6.52. The monoisotopic (exact) mass is 366 g/mol. The van der Waals surface area contributed by atoms with Crippen LogP contribution in [0.15, 0.2) is 24.3 Å². The molecule has 1 aliphatic heterocycles. The van der Waals surface area contributed by atoms with Crippen LogP contribution >= 0.6 is 11.8 Å². The van der Waals surface area contributed by atoms with Crippen LogP contribution in [0.1, 0.15) is 19.3 Å². The number of thioether (sulfide) groups is 1. The van der Waals surface area contributed by atoms with Gasteiger partial charge in [0.1, 0.15) is 5.82 Å². The highest BCUT2D eigenvalue weighted by Gasteiger charge is 2.34. The van der Waals surface area contributed by atoms with Gasteiger partial charge < -0.3 is 10.6 Å². The van der Waals surface area contributed by atoms with Gasteiger partial charge in [0.2, 0.25) is 11.8 Å². The second-order valence-corrected chi connectivity index (χ2v) is 7.50. The standard InChI is InChI=1S/C17H23FN4O2S/c18-12-1-3-13(4-2-12)20-16(23)9-25-10-17(24)21-14-5-6-15-11(7-14)8-19-22-15/h1-4,11,14-15,19,22H,5-10H2,(H,20,23)(H,21,24). The molecule has 3 rings (SSSR count). The van der Waals surface area contributed by atoms with Crippen LogP contribution in [0.3, 0.4) is 0 Å².